The van der Waals surface area contributed by atoms with Crippen molar-refractivity contribution >= 4 is 17.2 Å². The molecule has 84 valence electrons. The second-order valence-corrected chi connectivity index (χ2v) is 4.71. The Balaban J connectivity index is 1.94. The van der Waals surface area contributed by atoms with Gasteiger partial charge in [-0.3, -0.25) is 0 Å². The summed E-state index contributed by atoms with van der Waals surface area (Å²) in [5.41, 5.74) is 0. The summed E-state index contributed by atoms with van der Waals surface area (Å²) in [6, 6.07) is 9.15. The van der Waals surface area contributed by atoms with Gasteiger partial charge in [0.15, 0.2) is 0 Å². The van der Waals surface area contributed by atoms with Crippen molar-refractivity contribution in [1.29, 1.82) is 0 Å². The van der Waals surface area contributed by atoms with Gasteiger partial charge in [-0.1, -0.05) is 12.1 Å². The maximum atomic E-state index is 12.8. The van der Waals surface area contributed by atoms with E-state index in [1.165, 1.54) is 10.9 Å². The number of rotatable bonds is 4. The lowest BCUT2D eigenvalue weighted by Crippen LogP contribution is -2.18. The Morgan fingerprint density at radius 1 is 1.38 bits per heavy atom. The molecule has 1 atom stereocenters. The van der Waals surface area contributed by atoms with Crippen molar-refractivity contribution in [2.24, 2.45) is 0 Å². The zero-order valence-electron chi connectivity index (χ0n) is 8.98. The topological polar surface area (TPSA) is 24.9 Å². The standard InChI is InChI=1S/C12H13FN2S/c1-9(8-10-4-3-7-16-10)14-12-6-2-5-11(13)15-12/h2-7,9H,8H2,1H3,(H,14,15). The van der Waals surface area contributed by atoms with Gasteiger partial charge in [-0.25, -0.2) is 4.98 Å². The molecule has 2 aromatic heterocycles. The van der Waals surface area contributed by atoms with Gasteiger partial charge >= 0.3 is 0 Å². The first-order valence-corrected chi connectivity index (χ1v) is 6.03. The Kier molecular flexibility index (Phi) is 3.51. The van der Waals surface area contributed by atoms with Crippen LogP contribution in [0.25, 0.3) is 0 Å². The van der Waals surface area contributed by atoms with E-state index in [1.807, 2.05) is 6.07 Å². The molecule has 0 aliphatic carbocycles. The van der Waals surface area contributed by atoms with Gasteiger partial charge in [0.05, 0.1) is 0 Å². The van der Waals surface area contributed by atoms with Crippen LogP contribution >= 0.6 is 11.3 Å². The van der Waals surface area contributed by atoms with Gasteiger partial charge in [-0.2, -0.15) is 4.39 Å². The molecule has 0 spiro atoms. The first kappa shape index (κ1) is 11.1. The molecule has 2 aromatic rings. The van der Waals surface area contributed by atoms with Crippen molar-refractivity contribution in [3.8, 4) is 0 Å². The van der Waals surface area contributed by atoms with E-state index in [4.69, 9.17) is 0 Å². The molecule has 0 saturated carbocycles. The van der Waals surface area contributed by atoms with Gasteiger partial charge in [0, 0.05) is 17.3 Å². The highest BCUT2D eigenvalue weighted by atomic mass is 32.1. The largest absolute Gasteiger partial charge is 0.367 e. The molecule has 4 heteroatoms. The van der Waals surface area contributed by atoms with Crippen LogP contribution in [-0.2, 0) is 6.42 Å². The van der Waals surface area contributed by atoms with Crippen molar-refractivity contribution < 1.29 is 4.39 Å². The summed E-state index contributed by atoms with van der Waals surface area (Å²) in [5, 5.41) is 5.23. The van der Waals surface area contributed by atoms with Crippen molar-refractivity contribution in [3.63, 3.8) is 0 Å². The van der Waals surface area contributed by atoms with Crippen LogP contribution in [-0.4, -0.2) is 11.0 Å². The summed E-state index contributed by atoms with van der Waals surface area (Å²) >= 11 is 1.73. The number of halogens is 1. The van der Waals surface area contributed by atoms with Gasteiger partial charge in [-0.15, -0.1) is 11.3 Å². The zero-order valence-corrected chi connectivity index (χ0v) is 9.80. The third-order valence-corrected chi connectivity index (χ3v) is 3.10. The van der Waals surface area contributed by atoms with Crippen molar-refractivity contribution in [2.45, 2.75) is 19.4 Å². The summed E-state index contributed by atoms with van der Waals surface area (Å²) in [6.07, 6.45) is 0.926. The van der Waals surface area contributed by atoms with Crippen LogP contribution in [0, 0.1) is 5.95 Å². The van der Waals surface area contributed by atoms with Crippen LogP contribution in [0.3, 0.4) is 0 Å². The molecule has 0 aliphatic rings. The van der Waals surface area contributed by atoms with Crippen LogP contribution in [0.5, 0.6) is 0 Å². The molecular formula is C12H13FN2S. The maximum Gasteiger partial charge on any atom is 0.214 e. The average molecular weight is 236 g/mol. The molecule has 0 saturated heterocycles. The van der Waals surface area contributed by atoms with Crippen LogP contribution < -0.4 is 5.32 Å². The molecule has 16 heavy (non-hydrogen) atoms. The van der Waals surface area contributed by atoms with Crippen LogP contribution in [0.15, 0.2) is 35.7 Å². The number of anilines is 1. The number of nitrogens with zero attached hydrogens (tertiary/aromatic N) is 1. The Morgan fingerprint density at radius 2 is 2.25 bits per heavy atom. The van der Waals surface area contributed by atoms with Crippen molar-refractivity contribution in [1.82, 2.24) is 4.98 Å². The van der Waals surface area contributed by atoms with Crippen LogP contribution in [0.1, 0.15) is 11.8 Å². The highest BCUT2D eigenvalue weighted by Gasteiger charge is 2.05. The Morgan fingerprint density at radius 3 is 2.94 bits per heavy atom. The molecule has 1 unspecified atom stereocenters. The predicted molar refractivity (Wildman–Crippen MR) is 65.3 cm³/mol. The van der Waals surface area contributed by atoms with Crippen molar-refractivity contribution in [2.75, 3.05) is 5.32 Å². The van der Waals surface area contributed by atoms with Crippen molar-refractivity contribution in [3.05, 3.63) is 46.5 Å². The number of hydrogen-bond acceptors (Lipinski definition) is 3. The van der Waals surface area contributed by atoms with Gasteiger partial charge in [0.2, 0.25) is 5.95 Å². The fraction of sp³-hybridized carbons (Fsp3) is 0.250. The lowest BCUT2D eigenvalue weighted by molar-refractivity contribution is 0.584. The monoisotopic (exact) mass is 236 g/mol. The smallest absolute Gasteiger partial charge is 0.214 e. The molecule has 1 N–H and O–H groups in total. The van der Waals surface area contributed by atoms with E-state index in [1.54, 1.807) is 23.5 Å². The Labute approximate surface area is 98.2 Å². The third-order valence-electron chi connectivity index (χ3n) is 2.20. The van der Waals surface area contributed by atoms with E-state index in [2.05, 4.69) is 28.7 Å². The highest BCUT2D eigenvalue weighted by molar-refractivity contribution is 7.09. The summed E-state index contributed by atoms with van der Waals surface area (Å²) in [5.74, 6) is 0.136. The van der Waals surface area contributed by atoms with E-state index in [0.29, 0.717) is 5.82 Å². The molecule has 0 bridgehead atoms. The van der Waals surface area contributed by atoms with E-state index in [9.17, 15) is 4.39 Å². The zero-order chi connectivity index (χ0) is 11.4. The van der Waals surface area contributed by atoms with E-state index in [-0.39, 0.29) is 6.04 Å². The van der Waals surface area contributed by atoms with Gasteiger partial charge in [0.25, 0.3) is 0 Å². The molecular weight excluding hydrogens is 223 g/mol. The van der Waals surface area contributed by atoms with E-state index in [0.717, 1.165) is 6.42 Å². The van der Waals surface area contributed by atoms with Crippen LogP contribution in [0.2, 0.25) is 0 Å². The summed E-state index contributed by atoms with van der Waals surface area (Å²) in [6.45, 7) is 2.06. The fourth-order valence-corrected chi connectivity index (χ4v) is 2.36. The minimum Gasteiger partial charge on any atom is -0.367 e. The molecule has 2 rings (SSSR count). The summed E-state index contributed by atoms with van der Waals surface area (Å²) < 4.78 is 12.8. The minimum atomic E-state index is -0.451. The molecule has 0 amide bonds. The minimum absolute atomic E-state index is 0.243. The molecule has 0 aromatic carbocycles. The van der Waals surface area contributed by atoms with Gasteiger partial charge in [0.1, 0.15) is 5.82 Å². The lowest BCUT2D eigenvalue weighted by atomic mass is 10.2. The maximum absolute atomic E-state index is 12.8. The first-order chi connectivity index (χ1) is 7.74. The number of aromatic nitrogens is 1. The quantitative estimate of drug-likeness (QED) is 0.824. The second kappa shape index (κ2) is 5.07. The number of hydrogen-bond donors (Lipinski definition) is 1. The fourth-order valence-electron chi connectivity index (χ4n) is 1.52. The van der Waals surface area contributed by atoms with E-state index < -0.39 is 5.95 Å². The number of nitrogens with one attached hydrogen (secondary N) is 1. The molecule has 0 radical (unpaired) electrons. The predicted octanol–water partition coefficient (Wildman–Crippen LogP) is 3.33. The second-order valence-electron chi connectivity index (χ2n) is 3.67. The molecule has 0 aliphatic heterocycles. The third kappa shape index (κ3) is 3.03. The SMILES string of the molecule is CC(Cc1cccs1)Nc1cccc(F)n1. The highest BCUT2D eigenvalue weighted by Crippen LogP contribution is 2.13. The summed E-state index contributed by atoms with van der Waals surface area (Å²) in [4.78, 5) is 5.08. The molecule has 0 fully saturated rings. The Bertz CT molecular complexity index is 442. The van der Waals surface area contributed by atoms with E-state index >= 15 is 0 Å². The lowest BCUT2D eigenvalue weighted by Gasteiger charge is -2.13. The van der Waals surface area contributed by atoms with Gasteiger partial charge in [-0.05, 0) is 30.5 Å². The normalized spacial score (nSPS) is 12.4. The molecule has 2 nitrogen and oxygen atoms in total. The summed E-state index contributed by atoms with van der Waals surface area (Å²) in [7, 11) is 0. The van der Waals surface area contributed by atoms with Crippen LogP contribution in [0.4, 0.5) is 10.2 Å². The van der Waals surface area contributed by atoms with Gasteiger partial charge < -0.3 is 5.32 Å². The average Bonchev–Trinajstić information content (AvgIpc) is 2.70. The first-order valence-electron chi connectivity index (χ1n) is 5.15. The molecule has 2 heterocycles. The number of thiophene rings is 1. The Hall–Kier alpha value is -1.42. The number of pyridine rings is 1.